The van der Waals surface area contributed by atoms with Gasteiger partial charge in [0.25, 0.3) is 0 Å². The Morgan fingerprint density at radius 3 is 2.62 bits per heavy atom. The van der Waals surface area contributed by atoms with Crippen molar-refractivity contribution in [2.45, 2.75) is 20.3 Å². The van der Waals surface area contributed by atoms with E-state index in [0.29, 0.717) is 12.6 Å². The Labute approximate surface area is 124 Å². The van der Waals surface area contributed by atoms with E-state index >= 15 is 0 Å². The Hall–Kier alpha value is -2.49. The van der Waals surface area contributed by atoms with E-state index in [2.05, 4.69) is 31.0 Å². The summed E-state index contributed by atoms with van der Waals surface area (Å²) in [5.74, 6) is 1.26. The van der Waals surface area contributed by atoms with Gasteiger partial charge in [-0.15, -0.1) is 0 Å². The summed E-state index contributed by atoms with van der Waals surface area (Å²) in [4.78, 5) is 4.48. The predicted molar refractivity (Wildman–Crippen MR) is 86.0 cm³/mol. The zero-order valence-corrected chi connectivity index (χ0v) is 12.3. The third-order valence-electron chi connectivity index (χ3n) is 3.43. The highest BCUT2D eigenvalue weighted by Crippen LogP contribution is 2.29. The molecule has 2 N–H and O–H groups in total. The normalized spacial score (nSPS) is 11.0. The summed E-state index contributed by atoms with van der Waals surface area (Å²) < 4.78 is 7.71. The van der Waals surface area contributed by atoms with Crippen LogP contribution in [0.25, 0.3) is 16.7 Å². The molecule has 0 unspecified atom stereocenters. The number of hydrogen-bond donors (Lipinski definition) is 1. The molecule has 0 atom stereocenters. The van der Waals surface area contributed by atoms with Gasteiger partial charge in [0.15, 0.2) is 0 Å². The highest BCUT2D eigenvalue weighted by molar-refractivity contribution is 5.86. The van der Waals surface area contributed by atoms with Gasteiger partial charge in [-0.3, -0.25) is 4.57 Å². The first-order chi connectivity index (χ1) is 10.2. The lowest BCUT2D eigenvalue weighted by Gasteiger charge is -2.08. The number of para-hydroxylation sites is 1. The van der Waals surface area contributed by atoms with Crippen LogP contribution >= 0.6 is 0 Å². The molecule has 4 heteroatoms. The van der Waals surface area contributed by atoms with Crippen LogP contribution in [0.5, 0.6) is 5.75 Å². The molecule has 1 heterocycles. The van der Waals surface area contributed by atoms with E-state index < -0.39 is 0 Å². The fourth-order valence-corrected chi connectivity index (χ4v) is 2.39. The number of rotatable bonds is 4. The van der Waals surface area contributed by atoms with Crippen LogP contribution in [-0.2, 0) is 0 Å². The zero-order chi connectivity index (χ0) is 14.8. The highest BCUT2D eigenvalue weighted by atomic mass is 16.5. The first kappa shape index (κ1) is 13.5. The van der Waals surface area contributed by atoms with E-state index in [1.165, 1.54) is 5.56 Å². The molecule has 3 aromatic rings. The van der Waals surface area contributed by atoms with Crippen LogP contribution in [0.15, 0.2) is 42.5 Å². The molecule has 0 aliphatic rings. The van der Waals surface area contributed by atoms with Crippen molar-refractivity contribution in [2.75, 3.05) is 12.3 Å². The maximum absolute atomic E-state index is 6.12. The predicted octanol–water partition coefficient (Wildman–Crippen LogP) is 3.70. The van der Waals surface area contributed by atoms with Crippen molar-refractivity contribution in [1.82, 2.24) is 9.55 Å². The van der Waals surface area contributed by atoms with Gasteiger partial charge in [0.1, 0.15) is 11.3 Å². The molecular weight excluding hydrogens is 262 g/mol. The van der Waals surface area contributed by atoms with E-state index in [0.717, 1.165) is 28.9 Å². The molecule has 0 radical (unpaired) electrons. The number of hydrogen-bond acceptors (Lipinski definition) is 3. The molecule has 0 spiro atoms. The summed E-state index contributed by atoms with van der Waals surface area (Å²) in [7, 11) is 0. The maximum Gasteiger partial charge on any atom is 0.206 e. The van der Waals surface area contributed by atoms with Crippen LogP contribution in [0.2, 0.25) is 0 Å². The number of benzene rings is 2. The lowest BCUT2D eigenvalue weighted by molar-refractivity contribution is 0.320. The topological polar surface area (TPSA) is 53.1 Å². The highest BCUT2D eigenvalue weighted by Gasteiger charge is 2.13. The van der Waals surface area contributed by atoms with Crippen LogP contribution in [0.3, 0.4) is 0 Å². The molecule has 0 fully saturated rings. The van der Waals surface area contributed by atoms with Crippen molar-refractivity contribution in [3.8, 4) is 11.4 Å². The lowest BCUT2D eigenvalue weighted by Crippen LogP contribution is -2.00. The maximum atomic E-state index is 6.12. The minimum Gasteiger partial charge on any atom is -0.491 e. The van der Waals surface area contributed by atoms with E-state index in [1.54, 1.807) is 0 Å². The van der Waals surface area contributed by atoms with Gasteiger partial charge in [-0.05, 0) is 37.6 Å². The molecule has 4 nitrogen and oxygen atoms in total. The van der Waals surface area contributed by atoms with Gasteiger partial charge >= 0.3 is 0 Å². The Bertz CT molecular complexity index is 760. The molecule has 0 saturated heterocycles. The second-order valence-electron chi connectivity index (χ2n) is 5.11. The number of anilines is 1. The fraction of sp³-hybridized carbons (Fsp3) is 0.235. The van der Waals surface area contributed by atoms with Crippen LogP contribution in [0, 0.1) is 6.92 Å². The number of nitrogens with zero attached hydrogens (tertiary/aromatic N) is 2. The summed E-state index contributed by atoms with van der Waals surface area (Å²) in [5, 5.41) is 0. The van der Waals surface area contributed by atoms with Crippen molar-refractivity contribution in [1.29, 1.82) is 0 Å². The number of ether oxygens (including phenoxy) is 1. The van der Waals surface area contributed by atoms with Crippen molar-refractivity contribution >= 4 is 17.0 Å². The van der Waals surface area contributed by atoms with Crippen molar-refractivity contribution in [3.05, 3.63) is 48.0 Å². The zero-order valence-electron chi connectivity index (χ0n) is 12.3. The first-order valence-electron chi connectivity index (χ1n) is 7.17. The molecule has 0 aliphatic carbocycles. The smallest absolute Gasteiger partial charge is 0.206 e. The number of imidazole rings is 1. The van der Waals surface area contributed by atoms with E-state index in [4.69, 9.17) is 10.5 Å². The monoisotopic (exact) mass is 281 g/mol. The summed E-state index contributed by atoms with van der Waals surface area (Å²) in [5.41, 5.74) is 10.1. The third kappa shape index (κ3) is 2.44. The van der Waals surface area contributed by atoms with Gasteiger partial charge in [-0.25, -0.2) is 4.98 Å². The van der Waals surface area contributed by atoms with Crippen molar-refractivity contribution in [3.63, 3.8) is 0 Å². The summed E-state index contributed by atoms with van der Waals surface area (Å²) in [6.07, 6.45) is 0.963. The van der Waals surface area contributed by atoms with Crippen LogP contribution in [0.1, 0.15) is 18.9 Å². The van der Waals surface area contributed by atoms with Crippen molar-refractivity contribution < 1.29 is 4.74 Å². The fourth-order valence-electron chi connectivity index (χ4n) is 2.39. The van der Waals surface area contributed by atoms with E-state index in [9.17, 15) is 0 Å². The quantitative estimate of drug-likeness (QED) is 0.793. The standard InChI is InChI=1S/C17H19N3O/c1-3-11-21-15-6-4-5-14-16(15)19-17(18)20(14)13-9-7-12(2)8-10-13/h4-10H,3,11H2,1-2H3,(H2,18,19). The number of nitrogen functional groups attached to an aromatic ring is 1. The molecule has 1 aromatic heterocycles. The first-order valence-corrected chi connectivity index (χ1v) is 7.17. The summed E-state index contributed by atoms with van der Waals surface area (Å²) in [6, 6.07) is 14.1. The minimum atomic E-state index is 0.474. The molecule has 108 valence electrons. The third-order valence-corrected chi connectivity index (χ3v) is 3.43. The number of aryl methyl sites for hydroxylation is 1. The number of nitrogens with two attached hydrogens (primary N) is 1. The molecule has 0 saturated carbocycles. The van der Waals surface area contributed by atoms with Gasteiger partial charge in [0.2, 0.25) is 5.95 Å². The largest absolute Gasteiger partial charge is 0.491 e. The molecule has 0 aliphatic heterocycles. The molecule has 0 bridgehead atoms. The second-order valence-corrected chi connectivity index (χ2v) is 5.11. The summed E-state index contributed by atoms with van der Waals surface area (Å²) in [6.45, 7) is 4.83. The number of aromatic nitrogens is 2. The van der Waals surface area contributed by atoms with Crippen LogP contribution in [0.4, 0.5) is 5.95 Å². The summed E-state index contributed by atoms with van der Waals surface area (Å²) >= 11 is 0. The Kier molecular flexibility index (Phi) is 3.52. The minimum absolute atomic E-state index is 0.474. The van der Waals surface area contributed by atoms with E-state index in [1.807, 2.05) is 34.9 Å². The van der Waals surface area contributed by atoms with Crippen LogP contribution < -0.4 is 10.5 Å². The average molecular weight is 281 g/mol. The van der Waals surface area contributed by atoms with Gasteiger partial charge < -0.3 is 10.5 Å². The van der Waals surface area contributed by atoms with Crippen molar-refractivity contribution in [2.24, 2.45) is 0 Å². The van der Waals surface area contributed by atoms with Gasteiger partial charge in [0.05, 0.1) is 12.1 Å². The Balaban J connectivity index is 2.15. The Morgan fingerprint density at radius 1 is 1.14 bits per heavy atom. The SMILES string of the molecule is CCCOc1cccc2c1nc(N)n2-c1ccc(C)cc1. The van der Waals surface area contributed by atoms with Gasteiger partial charge in [-0.1, -0.05) is 30.7 Å². The lowest BCUT2D eigenvalue weighted by atomic mass is 10.2. The van der Waals surface area contributed by atoms with Gasteiger partial charge in [-0.2, -0.15) is 0 Å². The second kappa shape index (κ2) is 5.48. The molecule has 3 rings (SSSR count). The van der Waals surface area contributed by atoms with E-state index in [-0.39, 0.29) is 0 Å². The number of fused-ring (bicyclic) bond motifs is 1. The molecule has 2 aromatic carbocycles. The molecule has 21 heavy (non-hydrogen) atoms. The van der Waals surface area contributed by atoms with Gasteiger partial charge in [0, 0.05) is 5.69 Å². The molecule has 0 amide bonds. The Morgan fingerprint density at radius 2 is 1.90 bits per heavy atom. The molecular formula is C17H19N3O. The average Bonchev–Trinajstić information content (AvgIpc) is 2.83. The van der Waals surface area contributed by atoms with Crippen LogP contribution in [-0.4, -0.2) is 16.2 Å².